The SMILES string of the molecule is CCCCn1[nH]c(-c2ccccc2)c(CC)c1=O. The van der Waals surface area contributed by atoms with Gasteiger partial charge >= 0.3 is 0 Å². The molecule has 1 heterocycles. The summed E-state index contributed by atoms with van der Waals surface area (Å²) in [4.78, 5) is 12.2. The third kappa shape index (κ3) is 2.40. The van der Waals surface area contributed by atoms with Gasteiger partial charge < -0.3 is 0 Å². The maximum atomic E-state index is 12.2. The number of nitrogens with zero attached hydrogens (tertiary/aromatic N) is 1. The molecule has 0 aliphatic carbocycles. The summed E-state index contributed by atoms with van der Waals surface area (Å²) in [6.07, 6.45) is 2.88. The molecular weight excluding hydrogens is 224 g/mol. The molecule has 0 bridgehead atoms. The summed E-state index contributed by atoms with van der Waals surface area (Å²) in [5.74, 6) is 0. The van der Waals surface area contributed by atoms with Crippen LogP contribution in [0.3, 0.4) is 0 Å². The zero-order valence-electron chi connectivity index (χ0n) is 11.1. The molecule has 0 aliphatic heterocycles. The second-order valence-electron chi connectivity index (χ2n) is 4.50. The van der Waals surface area contributed by atoms with Crippen molar-refractivity contribution >= 4 is 0 Å². The molecular formula is C15H20N2O. The molecule has 0 aliphatic rings. The molecule has 18 heavy (non-hydrogen) atoms. The van der Waals surface area contributed by atoms with Gasteiger partial charge in [0, 0.05) is 12.1 Å². The summed E-state index contributed by atoms with van der Waals surface area (Å²) in [6, 6.07) is 10.1. The lowest BCUT2D eigenvalue weighted by atomic mass is 10.1. The van der Waals surface area contributed by atoms with Gasteiger partial charge in [-0.2, -0.15) is 0 Å². The van der Waals surface area contributed by atoms with Crippen molar-refractivity contribution in [3.8, 4) is 11.3 Å². The maximum Gasteiger partial charge on any atom is 0.270 e. The van der Waals surface area contributed by atoms with Crippen LogP contribution in [0.2, 0.25) is 0 Å². The highest BCUT2D eigenvalue weighted by Gasteiger charge is 2.13. The van der Waals surface area contributed by atoms with Crippen LogP contribution in [0.15, 0.2) is 35.1 Å². The van der Waals surface area contributed by atoms with Gasteiger partial charge in [0.1, 0.15) is 0 Å². The van der Waals surface area contributed by atoms with Gasteiger partial charge in [-0.05, 0) is 18.4 Å². The van der Waals surface area contributed by atoms with E-state index in [1.807, 2.05) is 37.3 Å². The van der Waals surface area contributed by atoms with Crippen LogP contribution in [0.4, 0.5) is 0 Å². The Hall–Kier alpha value is -1.77. The Kier molecular flexibility index (Phi) is 4.03. The van der Waals surface area contributed by atoms with Gasteiger partial charge in [0.15, 0.2) is 0 Å². The third-order valence-electron chi connectivity index (χ3n) is 3.20. The summed E-state index contributed by atoms with van der Waals surface area (Å²) < 4.78 is 1.74. The Bertz CT molecular complexity index is 552. The number of nitrogens with one attached hydrogen (secondary N) is 1. The molecule has 2 aromatic rings. The highest BCUT2D eigenvalue weighted by molar-refractivity contribution is 5.62. The van der Waals surface area contributed by atoms with Crippen LogP contribution in [-0.4, -0.2) is 9.78 Å². The van der Waals surface area contributed by atoms with Crippen molar-refractivity contribution in [2.45, 2.75) is 39.7 Å². The topological polar surface area (TPSA) is 37.8 Å². The van der Waals surface area contributed by atoms with Crippen molar-refractivity contribution in [2.24, 2.45) is 0 Å². The van der Waals surface area contributed by atoms with E-state index in [2.05, 4.69) is 12.0 Å². The number of H-pyrrole nitrogens is 1. The summed E-state index contributed by atoms with van der Waals surface area (Å²) in [6.45, 7) is 4.93. The molecule has 3 heteroatoms. The van der Waals surface area contributed by atoms with E-state index >= 15 is 0 Å². The molecule has 0 atom stereocenters. The normalized spacial score (nSPS) is 10.8. The van der Waals surface area contributed by atoms with E-state index in [4.69, 9.17) is 0 Å². The molecule has 1 N–H and O–H groups in total. The second-order valence-corrected chi connectivity index (χ2v) is 4.50. The van der Waals surface area contributed by atoms with Gasteiger partial charge in [-0.1, -0.05) is 50.6 Å². The van der Waals surface area contributed by atoms with Gasteiger partial charge in [-0.3, -0.25) is 14.6 Å². The van der Waals surface area contributed by atoms with E-state index in [0.717, 1.165) is 42.6 Å². The Morgan fingerprint density at radius 1 is 1.17 bits per heavy atom. The molecule has 1 aromatic carbocycles. The standard InChI is InChI=1S/C15H20N2O/c1-3-5-11-17-15(18)13(4-2)14(16-17)12-9-7-6-8-10-12/h6-10,16H,3-5,11H2,1-2H3. The van der Waals surface area contributed by atoms with Crippen molar-refractivity contribution in [2.75, 3.05) is 0 Å². The maximum absolute atomic E-state index is 12.2. The number of hydrogen-bond donors (Lipinski definition) is 1. The number of aryl methyl sites for hydroxylation is 1. The van der Waals surface area contributed by atoms with Crippen molar-refractivity contribution in [3.63, 3.8) is 0 Å². The molecule has 0 saturated carbocycles. The number of hydrogen-bond acceptors (Lipinski definition) is 1. The molecule has 96 valence electrons. The summed E-state index contributed by atoms with van der Waals surface area (Å²) in [5, 5.41) is 3.26. The molecule has 0 unspecified atom stereocenters. The van der Waals surface area contributed by atoms with Gasteiger partial charge in [-0.15, -0.1) is 0 Å². The number of aromatic nitrogens is 2. The molecule has 0 fully saturated rings. The Labute approximate surface area is 107 Å². The monoisotopic (exact) mass is 244 g/mol. The zero-order chi connectivity index (χ0) is 13.0. The van der Waals surface area contributed by atoms with Crippen LogP contribution in [0.1, 0.15) is 32.3 Å². The molecule has 3 nitrogen and oxygen atoms in total. The van der Waals surface area contributed by atoms with Gasteiger partial charge in [0.25, 0.3) is 5.56 Å². The minimum absolute atomic E-state index is 0.129. The van der Waals surface area contributed by atoms with Gasteiger partial charge in [0.05, 0.1) is 5.69 Å². The summed E-state index contributed by atoms with van der Waals surface area (Å²) in [7, 11) is 0. The zero-order valence-corrected chi connectivity index (χ0v) is 11.1. The first-order valence-electron chi connectivity index (χ1n) is 6.65. The minimum Gasteiger partial charge on any atom is -0.295 e. The van der Waals surface area contributed by atoms with Crippen LogP contribution in [-0.2, 0) is 13.0 Å². The van der Waals surface area contributed by atoms with E-state index in [9.17, 15) is 4.79 Å². The van der Waals surface area contributed by atoms with Crippen LogP contribution in [0, 0.1) is 0 Å². The number of benzene rings is 1. The molecule has 0 radical (unpaired) electrons. The predicted octanol–water partition coefficient (Wildman–Crippen LogP) is 3.21. The third-order valence-corrected chi connectivity index (χ3v) is 3.20. The lowest BCUT2D eigenvalue weighted by Crippen LogP contribution is -2.18. The number of aromatic amines is 1. The molecule has 0 spiro atoms. The minimum atomic E-state index is 0.129. The average Bonchev–Trinajstić information content (AvgIpc) is 2.74. The largest absolute Gasteiger partial charge is 0.295 e. The van der Waals surface area contributed by atoms with Crippen LogP contribution >= 0.6 is 0 Å². The first-order chi connectivity index (χ1) is 8.77. The van der Waals surface area contributed by atoms with Crippen LogP contribution in [0.25, 0.3) is 11.3 Å². The van der Waals surface area contributed by atoms with Crippen LogP contribution < -0.4 is 5.56 Å². The summed E-state index contributed by atoms with van der Waals surface area (Å²) in [5.41, 5.74) is 3.07. The number of rotatable bonds is 5. The molecule has 0 saturated heterocycles. The smallest absolute Gasteiger partial charge is 0.270 e. The van der Waals surface area contributed by atoms with E-state index in [-0.39, 0.29) is 5.56 Å². The Morgan fingerprint density at radius 2 is 1.89 bits per heavy atom. The predicted molar refractivity (Wildman–Crippen MR) is 74.8 cm³/mol. The van der Waals surface area contributed by atoms with Crippen molar-refractivity contribution < 1.29 is 0 Å². The second kappa shape index (κ2) is 5.71. The number of unbranched alkanes of at least 4 members (excludes halogenated alkanes) is 1. The summed E-state index contributed by atoms with van der Waals surface area (Å²) >= 11 is 0. The quantitative estimate of drug-likeness (QED) is 0.861. The van der Waals surface area contributed by atoms with E-state index in [0.29, 0.717) is 0 Å². The van der Waals surface area contributed by atoms with Crippen molar-refractivity contribution in [3.05, 3.63) is 46.2 Å². The average molecular weight is 244 g/mol. The van der Waals surface area contributed by atoms with Crippen molar-refractivity contribution in [1.29, 1.82) is 0 Å². The van der Waals surface area contributed by atoms with Gasteiger partial charge in [-0.25, -0.2) is 0 Å². The lowest BCUT2D eigenvalue weighted by Gasteiger charge is -2.01. The molecule has 2 rings (SSSR count). The fraction of sp³-hybridized carbons (Fsp3) is 0.400. The Morgan fingerprint density at radius 3 is 2.50 bits per heavy atom. The van der Waals surface area contributed by atoms with Crippen LogP contribution in [0.5, 0.6) is 0 Å². The lowest BCUT2D eigenvalue weighted by molar-refractivity contribution is 0.557. The molecule has 1 aromatic heterocycles. The Balaban J connectivity index is 2.45. The highest BCUT2D eigenvalue weighted by atomic mass is 16.1. The fourth-order valence-corrected chi connectivity index (χ4v) is 2.17. The van der Waals surface area contributed by atoms with E-state index in [1.165, 1.54) is 0 Å². The highest BCUT2D eigenvalue weighted by Crippen LogP contribution is 2.19. The fourth-order valence-electron chi connectivity index (χ4n) is 2.17. The van der Waals surface area contributed by atoms with Gasteiger partial charge in [0.2, 0.25) is 0 Å². The van der Waals surface area contributed by atoms with Crippen molar-refractivity contribution in [1.82, 2.24) is 9.78 Å². The van der Waals surface area contributed by atoms with E-state index < -0.39 is 0 Å². The molecule has 0 amide bonds. The first kappa shape index (κ1) is 12.7. The first-order valence-corrected chi connectivity index (χ1v) is 6.65. The van der Waals surface area contributed by atoms with E-state index in [1.54, 1.807) is 4.68 Å².